The molecular weight excluding hydrogens is 443 g/mol. The maximum Gasteiger partial charge on any atom is 0.414 e. The van der Waals surface area contributed by atoms with E-state index in [1.165, 1.54) is 50.0 Å². The number of carbonyl (C=O) groups is 1. The van der Waals surface area contributed by atoms with Gasteiger partial charge in [-0.25, -0.2) is 0 Å². The molecule has 1 atom stereocenters. The third-order valence-corrected chi connectivity index (χ3v) is 6.22. The molecule has 10 heteroatoms. The van der Waals surface area contributed by atoms with Crippen LogP contribution in [0.4, 0.5) is 5.82 Å². The Morgan fingerprint density at radius 1 is 1.35 bits per heavy atom. The van der Waals surface area contributed by atoms with Gasteiger partial charge >= 0.3 is 11.8 Å². The number of benzene rings is 1. The number of imidazole rings is 1. The first-order valence-electron chi connectivity index (χ1n) is 10.4. The molecule has 0 aliphatic heterocycles. The highest BCUT2D eigenvalue weighted by atomic mass is 35.5. The summed E-state index contributed by atoms with van der Waals surface area (Å²) < 4.78 is 6.67. The molecule has 1 heterocycles. The summed E-state index contributed by atoms with van der Waals surface area (Å²) in [4.78, 5) is 27.1. The molecule has 1 aromatic carbocycles. The van der Waals surface area contributed by atoms with Crippen molar-refractivity contribution >= 4 is 34.9 Å². The molecule has 168 valence electrons. The van der Waals surface area contributed by atoms with Gasteiger partial charge in [0.1, 0.15) is 6.20 Å². The molecule has 0 spiro atoms. The van der Waals surface area contributed by atoms with Crippen LogP contribution in [0, 0.1) is 16.0 Å². The van der Waals surface area contributed by atoms with E-state index in [4.69, 9.17) is 27.9 Å². The average Bonchev–Trinajstić information content (AvgIpc) is 3.16. The number of aromatic nitrogens is 2. The topological polar surface area (TPSA) is 99.3 Å². The summed E-state index contributed by atoms with van der Waals surface area (Å²) in [5, 5.41) is 15.0. The highest BCUT2D eigenvalue weighted by molar-refractivity contribution is 6.35. The predicted molar refractivity (Wildman–Crippen MR) is 119 cm³/mol. The smallest absolute Gasteiger partial charge is 0.414 e. The first-order valence-corrected chi connectivity index (χ1v) is 11.1. The normalized spacial score (nSPS) is 15.5. The van der Waals surface area contributed by atoms with Crippen LogP contribution in [0.15, 0.2) is 24.4 Å². The van der Waals surface area contributed by atoms with Crippen molar-refractivity contribution < 1.29 is 14.5 Å². The van der Waals surface area contributed by atoms with Crippen LogP contribution >= 0.6 is 23.2 Å². The lowest BCUT2D eigenvalue weighted by molar-refractivity contribution is -0.389. The van der Waals surface area contributed by atoms with Gasteiger partial charge in [0.2, 0.25) is 5.91 Å². The van der Waals surface area contributed by atoms with Crippen molar-refractivity contribution in [3.63, 3.8) is 0 Å². The van der Waals surface area contributed by atoms with E-state index in [1.54, 1.807) is 18.2 Å². The van der Waals surface area contributed by atoms with E-state index in [2.05, 4.69) is 10.3 Å². The number of nitrogens with zero attached hydrogens (tertiary/aromatic N) is 3. The summed E-state index contributed by atoms with van der Waals surface area (Å²) in [5.74, 6) is 0.171. The number of amides is 1. The van der Waals surface area contributed by atoms with E-state index in [0.29, 0.717) is 27.9 Å². The van der Waals surface area contributed by atoms with Gasteiger partial charge in [-0.05, 0) is 35.0 Å². The number of hydrogen-bond acceptors (Lipinski definition) is 5. The highest BCUT2D eigenvalue weighted by Gasteiger charge is 2.25. The van der Waals surface area contributed by atoms with Crippen LogP contribution in [0.3, 0.4) is 0 Å². The first-order chi connectivity index (χ1) is 14.9. The van der Waals surface area contributed by atoms with Crippen LogP contribution in [0.25, 0.3) is 0 Å². The number of nitro groups is 1. The van der Waals surface area contributed by atoms with Crippen LogP contribution in [0.1, 0.15) is 56.6 Å². The number of rotatable bonds is 9. The number of carbonyl (C=O) groups excluding carboxylic acids is 1. The lowest BCUT2D eigenvalue weighted by Crippen LogP contribution is -2.32. The van der Waals surface area contributed by atoms with Gasteiger partial charge in [-0.2, -0.15) is 0 Å². The summed E-state index contributed by atoms with van der Waals surface area (Å²) in [5.41, 5.74) is 0.662. The van der Waals surface area contributed by atoms with Crippen LogP contribution in [-0.4, -0.2) is 27.5 Å². The number of ether oxygens (including phenoxy) is 1. The SMILES string of the molecule is COc1nc([N+](=O)[O-])cn1CC(NC(=O)CCC1CCCCC1)c1ccc(Cl)cc1Cl. The molecule has 0 bridgehead atoms. The molecule has 1 saturated carbocycles. The standard InChI is InChI=1S/C21H26Cl2N4O4/c1-31-21-25-19(27(29)30)13-26(21)12-18(16-9-8-15(22)11-17(16)23)24-20(28)10-7-14-5-3-2-4-6-14/h8-9,11,13-14,18H,2-7,10,12H2,1H3,(H,24,28). The number of hydrogen-bond donors (Lipinski definition) is 1. The van der Waals surface area contributed by atoms with E-state index >= 15 is 0 Å². The van der Waals surface area contributed by atoms with Crippen molar-refractivity contribution in [3.05, 3.63) is 50.1 Å². The van der Waals surface area contributed by atoms with Crippen LogP contribution in [-0.2, 0) is 11.3 Å². The Hall–Kier alpha value is -2.32. The number of halogens is 2. The van der Waals surface area contributed by atoms with E-state index in [9.17, 15) is 14.9 Å². The second-order valence-electron chi connectivity index (χ2n) is 7.82. The molecule has 31 heavy (non-hydrogen) atoms. The highest BCUT2D eigenvalue weighted by Crippen LogP contribution is 2.30. The van der Waals surface area contributed by atoms with Gasteiger partial charge in [-0.1, -0.05) is 61.4 Å². The molecule has 0 saturated heterocycles. The Bertz CT molecular complexity index is 928. The molecule has 1 fully saturated rings. The molecule has 1 amide bonds. The Morgan fingerprint density at radius 2 is 2.10 bits per heavy atom. The molecule has 3 rings (SSSR count). The molecule has 2 aromatic rings. The molecular formula is C21H26Cl2N4O4. The van der Waals surface area contributed by atoms with Crippen LogP contribution in [0.2, 0.25) is 10.0 Å². The van der Waals surface area contributed by atoms with E-state index in [0.717, 1.165) is 6.42 Å². The van der Waals surface area contributed by atoms with Gasteiger partial charge < -0.3 is 20.2 Å². The van der Waals surface area contributed by atoms with Gasteiger partial charge in [-0.3, -0.25) is 9.36 Å². The zero-order valence-corrected chi connectivity index (χ0v) is 18.9. The maximum absolute atomic E-state index is 12.8. The minimum Gasteiger partial charge on any atom is -0.449 e. The van der Waals surface area contributed by atoms with Gasteiger partial charge in [0, 0.05) is 21.5 Å². The summed E-state index contributed by atoms with van der Waals surface area (Å²) in [6, 6.07) is 4.59. The Labute approximate surface area is 191 Å². The maximum atomic E-state index is 12.8. The third-order valence-electron chi connectivity index (χ3n) is 5.65. The van der Waals surface area contributed by atoms with Crippen molar-refractivity contribution in [2.45, 2.75) is 57.5 Å². The Balaban J connectivity index is 1.78. The van der Waals surface area contributed by atoms with Crippen molar-refractivity contribution in [2.75, 3.05) is 7.11 Å². The fourth-order valence-electron chi connectivity index (χ4n) is 4.05. The van der Waals surface area contributed by atoms with Crippen molar-refractivity contribution in [1.82, 2.24) is 14.9 Å². The fourth-order valence-corrected chi connectivity index (χ4v) is 4.59. The number of methoxy groups -OCH3 is 1. The Kier molecular flexibility index (Phi) is 8.15. The first kappa shape index (κ1) is 23.3. The average molecular weight is 469 g/mol. The molecule has 1 N–H and O–H groups in total. The predicted octanol–water partition coefficient (Wildman–Crippen LogP) is 5.32. The van der Waals surface area contributed by atoms with Gasteiger partial charge in [0.05, 0.1) is 19.7 Å². The molecule has 1 aromatic heterocycles. The monoisotopic (exact) mass is 468 g/mol. The molecule has 1 aliphatic rings. The molecule has 8 nitrogen and oxygen atoms in total. The quantitative estimate of drug-likeness (QED) is 0.396. The largest absolute Gasteiger partial charge is 0.449 e. The second-order valence-corrected chi connectivity index (χ2v) is 8.67. The summed E-state index contributed by atoms with van der Waals surface area (Å²) in [7, 11) is 1.38. The number of nitrogens with one attached hydrogen (secondary N) is 1. The van der Waals surface area contributed by atoms with E-state index < -0.39 is 11.0 Å². The van der Waals surface area contributed by atoms with Crippen molar-refractivity contribution in [2.24, 2.45) is 5.92 Å². The summed E-state index contributed by atoms with van der Waals surface area (Å²) in [6.07, 6.45) is 8.65. The summed E-state index contributed by atoms with van der Waals surface area (Å²) >= 11 is 12.4. The Morgan fingerprint density at radius 3 is 2.74 bits per heavy atom. The lowest BCUT2D eigenvalue weighted by atomic mass is 9.86. The van der Waals surface area contributed by atoms with Gasteiger partial charge in [-0.15, -0.1) is 0 Å². The fraction of sp³-hybridized carbons (Fsp3) is 0.524. The lowest BCUT2D eigenvalue weighted by Gasteiger charge is -2.23. The second kappa shape index (κ2) is 10.8. The zero-order valence-electron chi connectivity index (χ0n) is 17.4. The van der Waals surface area contributed by atoms with Gasteiger partial charge in [0.15, 0.2) is 0 Å². The van der Waals surface area contributed by atoms with Crippen molar-refractivity contribution in [1.29, 1.82) is 0 Å². The van der Waals surface area contributed by atoms with Crippen molar-refractivity contribution in [3.8, 4) is 6.01 Å². The van der Waals surface area contributed by atoms with Crippen LogP contribution < -0.4 is 10.1 Å². The minimum absolute atomic E-state index is 0.0817. The molecule has 0 radical (unpaired) electrons. The molecule has 1 aliphatic carbocycles. The zero-order chi connectivity index (χ0) is 22.4. The minimum atomic E-state index is -0.591. The van der Waals surface area contributed by atoms with Crippen LogP contribution in [0.5, 0.6) is 6.01 Å². The third kappa shape index (κ3) is 6.33. The van der Waals surface area contributed by atoms with E-state index in [-0.39, 0.29) is 24.3 Å². The van der Waals surface area contributed by atoms with Gasteiger partial charge in [0.25, 0.3) is 0 Å². The summed E-state index contributed by atoms with van der Waals surface area (Å²) in [6.45, 7) is 0.167. The van der Waals surface area contributed by atoms with E-state index in [1.807, 2.05) is 0 Å². The molecule has 1 unspecified atom stereocenters.